The first-order valence-corrected chi connectivity index (χ1v) is 9.63. The zero-order valence-electron chi connectivity index (χ0n) is 14.6. The number of amides is 1. The number of carbonyl (C=O) groups excluding carboxylic acids is 1. The van der Waals surface area contributed by atoms with Gasteiger partial charge in [0.1, 0.15) is 5.82 Å². The fourth-order valence-corrected chi connectivity index (χ4v) is 3.77. The van der Waals surface area contributed by atoms with E-state index in [9.17, 15) is 17.6 Å². The van der Waals surface area contributed by atoms with E-state index in [0.717, 1.165) is 28.8 Å². The first-order valence-electron chi connectivity index (χ1n) is 7.97. The Morgan fingerprint density at radius 3 is 2.32 bits per heavy atom. The van der Waals surface area contributed by atoms with E-state index in [-0.39, 0.29) is 23.0 Å². The second kappa shape index (κ2) is 7.78. The Balaban J connectivity index is 1.98. The van der Waals surface area contributed by atoms with Crippen molar-refractivity contribution in [2.75, 3.05) is 12.8 Å². The molecular formula is C19H22FNO3S. The summed E-state index contributed by atoms with van der Waals surface area (Å²) in [6.07, 6.45) is -0.110. The highest BCUT2D eigenvalue weighted by molar-refractivity contribution is 7.91. The molecule has 2 rings (SSSR count). The molecule has 134 valence electrons. The third-order valence-electron chi connectivity index (χ3n) is 4.09. The predicted octanol–water partition coefficient (Wildman–Crippen LogP) is 3.26. The lowest BCUT2D eigenvalue weighted by Crippen LogP contribution is -2.28. The van der Waals surface area contributed by atoms with Crippen molar-refractivity contribution in [1.82, 2.24) is 4.90 Å². The highest BCUT2D eigenvalue weighted by Crippen LogP contribution is 2.15. The predicted molar refractivity (Wildman–Crippen MR) is 95.5 cm³/mol. The Bertz CT molecular complexity index is 861. The van der Waals surface area contributed by atoms with E-state index < -0.39 is 15.7 Å². The number of sulfone groups is 1. The monoisotopic (exact) mass is 363 g/mol. The van der Waals surface area contributed by atoms with Gasteiger partial charge in [0.15, 0.2) is 9.84 Å². The lowest BCUT2D eigenvalue weighted by atomic mass is 10.1. The second-order valence-electron chi connectivity index (χ2n) is 6.20. The smallest absolute Gasteiger partial charge is 0.223 e. The van der Waals surface area contributed by atoms with E-state index >= 15 is 0 Å². The number of benzene rings is 2. The number of hydrogen-bond acceptors (Lipinski definition) is 3. The molecule has 0 bridgehead atoms. The molecule has 0 spiro atoms. The van der Waals surface area contributed by atoms with Crippen LogP contribution in [0.3, 0.4) is 0 Å². The van der Waals surface area contributed by atoms with Crippen molar-refractivity contribution in [3.8, 4) is 0 Å². The molecular weight excluding hydrogens is 341 g/mol. The van der Waals surface area contributed by atoms with Gasteiger partial charge in [0.05, 0.1) is 10.6 Å². The van der Waals surface area contributed by atoms with E-state index in [1.807, 2.05) is 32.0 Å². The van der Waals surface area contributed by atoms with Crippen molar-refractivity contribution in [2.24, 2.45) is 0 Å². The lowest BCUT2D eigenvalue weighted by Gasteiger charge is -2.19. The first kappa shape index (κ1) is 19.1. The van der Waals surface area contributed by atoms with Crippen LogP contribution in [0.2, 0.25) is 0 Å². The van der Waals surface area contributed by atoms with Crippen LogP contribution in [0.15, 0.2) is 47.4 Å². The number of aryl methyl sites for hydroxylation is 2. The summed E-state index contributed by atoms with van der Waals surface area (Å²) in [5, 5.41) is 0. The van der Waals surface area contributed by atoms with Crippen molar-refractivity contribution in [3.63, 3.8) is 0 Å². The van der Waals surface area contributed by atoms with Gasteiger partial charge in [0.2, 0.25) is 5.91 Å². The van der Waals surface area contributed by atoms with Gasteiger partial charge in [-0.1, -0.05) is 23.8 Å². The molecule has 0 saturated carbocycles. The van der Waals surface area contributed by atoms with Gasteiger partial charge < -0.3 is 4.90 Å². The minimum atomic E-state index is -3.61. The molecule has 2 aromatic carbocycles. The first-order chi connectivity index (χ1) is 11.7. The van der Waals surface area contributed by atoms with Crippen LogP contribution in [-0.4, -0.2) is 32.0 Å². The Kier molecular flexibility index (Phi) is 5.95. The molecule has 25 heavy (non-hydrogen) atoms. The normalized spacial score (nSPS) is 11.4. The van der Waals surface area contributed by atoms with Crippen molar-refractivity contribution in [3.05, 3.63) is 65.0 Å². The van der Waals surface area contributed by atoms with E-state index in [1.54, 1.807) is 7.05 Å². The number of halogens is 1. The van der Waals surface area contributed by atoms with Crippen molar-refractivity contribution < 1.29 is 17.6 Å². The van der Waals surface area contributed by atoms with Gasteiger partial charge in [-0.15, -0.1) is 0 Å². The molecule has 0 aliphatic carbocycles. The van der Waals surface area contributed by atoms with Gasteiger partial charge >= 0.3 is 0 Å². The summed E-state index contributed by atoms with van der Waals surface area (Å²) in [6, 6.07) is 10.6. The maximum absolute atomic E-state index is 12.9. The van der Waals surface area contributed by atoms with Crippen LogP contribution < -0.4 is 0 Å². The minimum absolute atomic E-state index is 0.0266. The van der Waals surface area contributed by atoms with Crippen LogP contribution in [0.5, 0.6) is 0 Å². The number of carbonyl (C=O) groups is 1. The highest BCUT2D eigenvalue weighted by atomic mass is 32.2. The van der Waals surface area contributed by atoms with Gasteiger partial charge in [-0.3, -0.25) is 4.79 Å². The molecule has 0 aromatic heterocycles. The summed E-state index contributed by atoms with van der Waals surface area (Å²) in [7, 11) is -1.95. The van der Waals surface area contributed by atoms with Gasteiger partial charge in [0, 0.05) is 20.0 Å². The minimum Gasteiger partial charge on any atom is -0.341 e. The van der Waals surface area contributed by atoms with E-state index in [0.29, 0.717) is 6.54 Å². The summed E-state index contributed by atoms with van der Waals surface area (Å²) in [5.41, 5.74) is 3.28. The number of rotatable bonds is 6. The molecule has 0 heterocycles. The Morgan fingerprint density at radius 1 is 1.08 bits per heavy atom. The zero-order valence-corrected chi connectivity index (χ0v) is 15.4. The van der Waals surface area contributed by atoms with Gasteiger partial charge in [-0.2, -0.15) is 0 Å². The van der Waals surface area contributed by atoms with Crippen LogP contribution >= 0.6 is 0 Å². The summed E-state index contributed by atoms with van der Waals surface area (Å²) < 4.78 is 37.4. The molecule has 0 unspecified atom stereocenters. The largest absolute Gasteiger partial charge is 0.341 e. The highest BCUT2D eigenvalue weighted by Gasteiger charge is 2.18. The standard InChI is InChI=1S/C19H22FNO3S/c1-14-4-5-16(15(2)12-14)13-21(3)19(22)10-11-25(23,24)18-8-6-17(20)7-9-18/h4-9,12H,10-11,13H2,1-3H3. The van der Waals surface area contributed by atoms with Crippen LogP contribution in [0.25, 0.3) is 0 Å². The molecule has 1 amide bonds. The lowest BCUT2D eigenvalue weighted by molar-refractivity contribution is -0.130. The Hall–Kier alpha value is -2.21. The Labute approximate surface area is 148 Å². The van der Waals surface area contributed by atoms with E-state index in [4.69, 9.17) is 0 Å². The van der Waals surface area contributed by atoms with E-state index in [1.165, 1.54) is 17.0 Å². The number of nitrogens with zero attached hydrogens (tertiary/aromatic N) is 1. The maximum Gasteiger partial charge on any atom is 0.223 e. The average molecular weight is 363 g/mol. The molecule has 0 radical (unpaired) electrons. The number of hydrogen-bond donors (Lipinski definition) is 0. The molecule has 0 fully saturated rings. The summed E-state index contributed by atoms with van der Waals surface area (Å²) in [4.78, 5) is 13.8. The van der Waals surface area contributed by atoms with Crippen molar-refractivity contribution >= 4 is 15.7 Å². The van der Waals surface area contributed by atoms with E-state index in [2.05, 4.69) is 0 Å². The third-order valence-corrected chi connectivity index (χ3v) is 5.82. The van der Waals surface area contributed by atoms with Gasteiger partial charge in [-0.25, -0.2) is 12.8 Å². The maximum atomic E-state index is 12.9. The summed E-state index contributed by atoms with van der Waals surface area (Å²) in [5.74, 6) is -1.04. The average Bonchev–Trinajstić information content (AvgIpc) is 2.55. The molecule has 2 aromatic rings. The fourth-order valence-electron chi connectivity index (χ4n) is 2.54. The molecule has 4 nitrogen and oxygen atoms in total. The van der Waals surface area contributed by atoms with Gasteiger partial charge in [-0.05, 0) is 49.2 Å². The van der Waals surface area contributed by atoms with Crippen molar-refractivity contribution in [1.29, 1.82) is 0 Å². The second-order valence-corrected chi connectivity index (χ2v) is 8.31. The van der Waals surface area contributed by atoms with Gasteiger partial charge in [0.25, 0.3) is 0 Å². The Morgan fingerprint density at radius 2 is 1.72 bits per heavy atom. The van der Waals surface area contributed by atoms with Crippen LogP contribution in [0, 0.1) is 19.7 Å². The molecule has 0 aliphatic heterocycles. The van der Waals surface area contributed by atoms with Crippen molar-refractivity contribution in [2.45, 2.75) is 31.7 Å². The quantitative estimate of drug-likeness (QED) is 0.740. The van der Waals surface area contributed by atoms with Crippen LogP contribution in [0.1, 0.15) is 23.1 Å². The van der Waals surface area contributed by atoms with Crippen LogP contribution in [0.4, 0.5) is 4.39 Å². The summed E-state index contributed by atoms with van der Waals surface area (Å²) >= 11 is 0. The topological polar surface area (TPSA) is 54.5 Å². The molecule has 0 saturated heterocycles. The fraction of sp³-hybridized carbons (Fsp3) is 0.316. The molecule has 0 N–H and O–H groups in total. The van der Waals surface area contributed by atoms with Crippen LogP contribution in [-0.2, 0) is 21.2 Å². The molecule has 0 atom stereocenters. The summed E-state index contributed by atoms with van der Waals surface area (Å²) in [6.45, 7) is 4.42. The SMILES string of the molecule is Cc1ccc(CN(C)C(=O)CCS(=O)(=O)c2ccc(F)cc2)c(C)c1. The molecule has 6 heteroatoms. The zero-order chi connectivity index (χ0) is 18.6. The third kappa shape index (κ3) is 5.13. The molecule has 0 aliphatic rings.